The number of hydrogen-bond donors (Lipinski definition) is 1. The molecule has 0 unspecified atom stereocenters. The molecule has 0 bridgehead atoms. The van der Waals surface area contributed by atoms with E-state index >= 15 is 0 Å². The van der Waals surface area contributed by atoms with Gasteiger partial charge in [0, 0.05) is 18.4 Å². The number of rotatable bonds is 5. The van der Waals surface area contributed by atoms with Crippen molar-refractivity contribution in [3.05, 3.63) is 24.1 Å². The van der Waals surface area contributed by atoms with Crippen molar-refractivity contribution in [3.8, 4) is 0 Å². The molecule has 4 nitrogen and oxygen atoms in total. The van der Waals surface area contributed by atoms with Gasteiger partial charge in [0.25, 0.3) is 0 Å². The minimum atomic E-state index is 0.459. The second-order valence-corrected chi connectivity index (χ2v) is 4.32. The van der Waals surface area contributed by atoms with Crippen LogP contribution >= 0.6 is 0 Å². The van der Waals surface area contributed by atoms with Gasteiger partial charge in [0.15, 0.2) is 0 Å². The SMILES string of the molecule is C/C=C\NC1CC(c2nnc(CCC)o2)C1. The van der Waals surface area contributed by atoms with E-state index in [1.807, 2.05) is 19.2 Å². The summed E-state index contributed by atoms with van der Waals surface area (Å²) in [6, 6.07) is 0.572. The van der Waals surface area contributed by atoms with Gasteiger partial charge in [-0.2, -0.15) is 0 Å². The van der Waals surface area contributed by atoms with Gasteiger partial charge < -0.3 is 9.73 Å². The molecule has 1 saturated carbocycles. The van der Waals surface area contributed by atoms with Crippen molar-refractivity contribution < 1.29 is 4.42 Å². The van der Waals surface area contributed by atoms with Crippen LogP contribution in [0.4, 0.5) is 0 Å². The standard InChI is InChI=1S/C12H19N3O/c1-3-5-11-14-15-12(16-11)9-7-10(8-9)13-6-4-2/h4,6,9-10,13H,3,5,7-8H2,1-2H3/b6-4-. The van der Waals surface area contributed by atoms with Gasteiger partial charge in [-0.15, -0.1) is 10.2 Å². The van der Waals surface area contributed by atoms with Crippen LogP contribution in [0.15, 0.2) is 16.7 Å². The van der Waals surface area contributed by atoms with Crippen molar-refractivity contribution in [2.75, 3.05) is 0 Å². The van der Waals surface area contributed by atoms with Crippen LogP contribution in [0.5, 0.6) is 0 Å². The first-order valence-corrected chi connectivity index (χ1v) is 6.03. The Kier molecular flexibility index (Phi) is 3.59. The van der Waals surface area contributed by atoms with Gasteiger partial charge in [0.2, 0.25) is 11.8 Å². The van der Waals surface area contributed by atoms with Gasteiger partial charge in [0.05, 0.1) is 0 Å². The summed E-state index contributed by atoms with van der Waals surface area (Å²) in [5.74, 6) is 2.06. The fourth-order valence-corrected chi connectivity index (χ4v) is 1.93. The molecule has 2 rings (SSSR count). The van der Waals surface area contributed by atoms with Crippen molar-refractivity contribution >= 4 is 0 Å². The summed E-state index contributed by atoms with van der Waals surface area (Å²) in [5.41, 5.74) is 0. The van der Waals surface area contributed by atoms with Crippen LogP contribution in [-0.2, 0) is 6.42 Å². The van der Waals surface area contributed by atoms with Crippen molar-refractivity contribution in [2.45, 2.75) is 51.5 Å². The van der Waals surface area contributed by atoms with Crippen LogP contribution < -0.4 is 5.32 Å². The third kappa shape index (κ3) is 2.43. The Bertz CT molecular complexity index is 353. The Labute approximate surface area is 96.1 Å². The van der Waals surface area contributed by atoms with Crippen LogP contribution in [0, 0.1) is 0 Å². The molecule has 1 aliphatic carbocycles. The molecule has 1 aromatic heterocycles. The fourth-order valence-electron chi connectivity index (χ4n) is 1.93. The molecule has 0 aliphatic heterocycles. The second-order valence-electron chi connectivity index (χ2n) is 4.32. The Balaban J connectivity index is 1.81. The number of nitrogens with one attached hydrogen (secondary N) is 1. The highest BCUT2D eigenvalue weighted by Crippen LogP contribution is 2.36. The molecule has 0 amide bonds. The first kappa shape index (κ1) is 11.2. The predicted molar refractivity (Wildman–Crippen MR) is 62.0 cm³/mol. The quantitative estimate of drug-likeness (QED) is 0.829. The first-order chi connectivity index (χ1) is 7.83. The molecule has 0 aromatic carbocycles. The lowest BCUT2D eigenvalue weighted by Crippen LogP contribution is -2.37. The molecule has 1 N–H and O–H groups in total. The van der Waals surface area contributed by atoms with E-state index in [0.717, 1.165) is 37.5 Å². The summed E-state index contributed by atoms with van der Waals surface area (Å²) in [4.78, 5) is 0. The molecule has 4 heteroatoms. The molecule has 1 heterocycles. The van der Waals surface area contributed by atoms with Crippen LogP contribution in [0.2, 0.25) is 0 Å². The number of aromatic nitrogens is 2. The van der Waals surface area contributed by atoms with Gasteiger partial charge >= 0.3 is 0 Å². The van der Waals surface area contributed by atoms with Gasteiger partial charge in [-0.1, -0.05) is 13.0 Å². The van der Waals surface area contributed by atoms with Crippen LogP contribution in [0.3, 0.4) is 0 Å². The topological polar surface area (TPSA) is 51.0 Å². The Morgan fingerprint density at radius 2 is 2.25 bits per heavy atom. The largest absolute Gasteiger partial charge is 0.425 e. The lowest BCUT2D eigenvalue weighted by molar-refractivity contribution is 0.264. The average Bonchev–Trinajstić information content (AvgIpc) is 2.65. The smallest absolute Gasteiger partial charge is 0.219 e. The summed E-state index contributed by atoms with van der Waals surface area (Å²) in [6.07, 6.45) is 8.14. The Hall–Kier alpha value is -1.32. The maximum absolute atomic E-state index is 5.61. The molecular weight excluding hydrogens is 202 g/mol. The van der Waals surface area contributed by atoms with Gasteiger partial charge in [0.1, 0.15) is 0 Å². The van der Waals surface area contributed by atoms with E-state index < -0.39 is 0 Å². The van der Waals surface area contributed by atoms with Crippen molar-refractivity contribution in [1.82, 2.24) is 15.5 Å². The third-order valence-corrected chi connectivity index (χ3v) is 2.93. The lowest BCUT2D eigenvalue weighted by Gasteiger charge is -2.32. The summed E-state index contributed by atoms with van der Waals surface area (Å²) in [6.45, 7) is 4.13. The number of hydrogen-bond acceptors (Lipinski definition) is 4. The summed E-state index contributed by atoms with van der Waals surface area (Å²) >= 11 is 0. The Morgan fingerprint density at radius 3 is 2.94 bits per heavy atom. The zero-order chi connectivity index (χ0) is 11.4. The van der Waals surface area contributed by atoms with E-state index in [-0.39, 0.29) is 0 Å². The first-order valence-electron chi connectivity index (χ1n) is 6.03. The summed E-state index contributed by atoms with van der Waals surface area (Å²) in [7, 11) is 0. The van der Waals surface area contributed by atoms with Gasteiger partial charge in [-0.05, 0) is 32.4 Å². The molecule has 0 spiro atoms. The highest BCUT2D eigenvalue weighted by atomic mass is 16.4. The van der Waals surface area contributed by atoms with Crippen molar-refractivity contribution in [2.24, 2.45) is 0 Å². The minimum absolute atomic E-state index is 0.459. The molecule has 1 aromatic rings. The average molecular weight is 221 g/mol. The predicted octanol–water partition coefficient (Wildman–Crippen LogP) is 2.39. The van der Waals surface area contributed by atoms with Crippen molar-refractivity contribution in [3.63, 3.8) is 0 Å². The number of aryl methyl sites for hydroxylation is 1. The van der Waals surface area contributed by atoms with Gasteiger partial charge in [-0.3, -0.25) is 0 Å². The Morgan fingerprint density at radius 1 is 1.44 bits per heavy atom. The maximum Gasteiger partial charge on any atom is 0.219 e. The third-order valence-electron chi connectivity index (χ3n) is 2.93. The van der Waals surface area contributed by atoms with Crippen LogP contribution in [-0.4, -0.2) is 16.2 Å². The van der Waals surface area contributed by atoms with E-state index in [1.165, 1.54) is 0 Å². The zero-order valence-corrected chi connectivity index (χ0v) is 9.94. The molecule has 0 saturated heterocycles. The zero-order valence-electron chi connectivity index (χ0n) is 9.94. The summed E-state index contributed by atoms with van der Waals surface area (Å²) in [5, 5.41) is 11.5. The molecule has 88 valence electrons. The second kappa shape index (κ2) is 5.14. The van der Waals surface area contributed by atoms with Crippen LogP contribution in [0.1, 0.15) is 50.8 Å². The van der Waals surface area contributed by atoms with Crippen LogP contribution in [0.25, 0.3) is 0 Å². The molecular formula is C12H19N3O. The van der Waals surface area contributed by atoms with Gasteiger partial charge in [-0.25, -0.2) is 0 Å². The van der Waals surface area contributed by atoms with E-state index in [2.05, 4.69) is 22.4 Å². The van der Waals surface area contributed by atoms with E-state index in [9.17, 15) is 0 Å². The highest BCUT2D eigenvalue weighted by Gasteiger charge is 2.33. The summed E-state index contributed by atoms with van der Waals surface area (Å²) < 4.78 is 5.61. The van der Waals surface area contributed by atoms with E-state index in [4.69, 9.17) is 4.42 Å². The molecule has 1 aliphatic rings. The molecule has 1 fully saturated rings. The molecule has 0 atom stereocenters. The number of allylic oxidation sites excluding steroid dienone is 1. The highest BCUT2D eigenvalue weighted by molar-refractivity contribution is 5.03. The van der Waals surface area contributed by atoms with Crippen molar-refractivity contribution in [1.29, 1.82) is 0 Å². The monoisotopic (exact) mass is 221 g/mol. The minimum Gasteiger partial charge on any atom is -0.425 e. The molecule has 16 heavy (non-hydrogen) atoms. The normalized spacial score (nSPS) is 24.6. The lowest BCUT2D eigenvalue weighted by atomic mass is 9.80. The number of nitrogens with zero attached hydrogens (tertiary/aromatic N) is 2. The fraction of sp³-hybridized carbons (Fsp3) is 0.667. The molecule has 0 radical (unpaired) electrons. The van der Waals surface area contributed by atoms with E-state index in [0.29, 0.717) is 12.0 Å². The maximum atomic E-state index is 5.61. The van der Waals surface area contributed by atoms with E-state index in [1.54, 1.807) is 0 Å².